The van der Waals surface area contributed by atoms with E-state index in [0.29, 0.717) is 0 Å². The van der Waals surface area contributed by atoms with E-state index < -0.39 is 37.5 Å². The van der Waals surface area contributed by atoms with Crippen molar-refractivity contribution in [2.45, 2.75) is 0 Å². The molecule has 0 amide bonds. The molecule has 0 saturated heterocycles. The van der Waals surface area contributed by atoms with E-state index in [4.69, 9.17) is 15.3 Å². The summed E-state index contributed by atoms with van der Waals surface area (Å²) in [7, 11) is 0. The molecular formula is C6H13NNa4O6. The molecule has 0 aliphatic heterocycles. The van der Waals surface area contributed by atoms with Gasteiger partial charge < -0.3 is 21.0 Å². The Kier molecular flexibility index (Phi) is 34.2. The third-order valence-electron chi connectivity index (χ3n) is 1.08. The first kappa shape index (κ1) is 31.7. The zero-order valence-corrected chi connectivity index (χ0v) is 18.6. The number of rotatable bonds is 6. The Labute approximate surface area is 193 Å². The minimum absolute atomic E-state index is 0. The van der Waals surface area contributed by atoms with Crippen LogP contribution in [0.1, 0.15) is 5.71 Å². The predicted octanol–water partition coefficient (Wildman–Crippen LogP) is -13.0. The molecule has 7 nitrogen and oxygen atoms in total. The van der Waals surface area contributed by atoms with Gasteiger partial charge in [-0.25, -0.2) is 0 Å². The van der Waals surface area contributed by atoms with Crippen LogP contribution in [-0.2, 0) is 14.4 Å². The van der Waals surface area contributed by atoms with E-state index >= 15 is 0 Å². The summed E-state index contributed by atoms with van der Waals surface area (Å²) in [5.41, 5.74) is 0. The number of hydrogen-bond donors (Lipinski definition) is 3. The summed E-state index contributed by atoms with van der Waals surface area (Å²) in [4.78, 5) is 31.2. The van der Waals surface area contributed by atoms with Crippen LogP contribution in [0.5, 0.6) is 0 Å². The van der Waals surface area contributed by atoms with Gasteiger partial charge in [0.25, 0.3) is 0 Å². The molecular weight excluding hydrogens is 274 g/mol. The number of carboxylic acid groups (broad SMARTS) is 3. The SMILES string of the molecule is O=C(O)CN(CC(=O)O)CC(=O)O.[H-].[H-].[H-].[H-].[Na+].[Na+].[Na+].[Na+]. The molecule has 0 heterocycles. The zero-order valence-electron chi connectivity index (χ0n) is 14.6. The quantitative estimate of drug-likeness (QED) is 0.415. The monoisotopic (exact) mass is 287 g/mol. The maximum Gasteiger partial charge on any atom is 1.00 e. The van der Waals surface area contributed by atoms with Crippen molar-refractivity contribution in [2.24, 2.45) is 0 Å². The number of hydrogen-bond acceptors (Lipinski definition) is 4. The smallest absolute Gasteiger partial charge is 1.00 e. The van der Waals surface area contributed by atoms with E-state index in [1.807, 2.05) is 0 Å². The van der Waals surface area contributed by atoms with Crippen molar-refractivity contribution < 1.29 is 154 Å². The van der Waals surface area contributed by atoms with Gasteiger partial charge in [0.1, 0.15) is 0 Å². The molecule has 0 unspecified atom stereocenters. The Morgan fingerprint density at radius 3 is 1.00 bits per heavy atom. The van der Waals surface area contributed by atoms with Crippen molar-refractivity contribution in [1.82, 2.24) is 4.90 Å². The maximum atomic E-state index is 10.1. The Balaban J connectivity index is -0.0000000257. The molecule has 0 aromatic heterocycles. The third-order valence-corrected chi connectivity index (χ3v) is 1.08. The first-order valence-corrected chi connectivity index (χ1v) is 3.29. The summed E-state index contributed by atoms with van der Waals surface area (Å²) >= 11 is 0. The minimum atomic E-state index is -1.26. The predicted molar refractivity (Wildman–Crippen MR) is 43.8 cm³/mol. The molecule has 11 heteroatoms. The Bertz CT molecular complexity index is 215. The van der Waals surface area contributed by atoms with Crippen LogP contribution >= 0.6 is 0 Å². The summed E-state index contributed by atoms with van der Waals surface area (Å²) in [6, 6.07) is 0. The molecule has 0 rings (SSSR count). The van der Waals surface area contributed by atoms with Gasteiger partial charge in [-0.3, -0.25) is 19.3 Å². The summed E-state index contributed by atoms with van der Waals surface area (Å²) < 4.78 is 0. The van der Waals surface area contributed by atoms with E-state index in [2.05, 4.69) is 0 Å². The molecule has 17 heavy (non-hydrogen) atoms. The fraction of sp³-hybridized carbons (Fsp3) is 0.500. The molecule has 0 spiro atoms. The zero-order chi connectivity index (χ0) is 10.4. The fourth-order valence-corrected chi connectivity index (χ4v) is 0.742. The van der Waals surface area contributed by atoms with Crippen LogP contribution < -0.4 is 118 Å². The van der Waals surface area contributed by atoms with Crippen LogP contribution in [0.15, 0.2) is 0 Å². The van der Waals surface area contributed by atoms with Gasteiger partial charge in [0.2, 0.25) is 0 Å². The number of nitrogens with zero attached hydrogens (tertiary/aromatic N) is 1. The molecule has 0 atom stereocenters. The van der Waals surface area contributed by atoms with Crippen molar-refractivity contribution in [2.75, 3.05) is 19.6 Å². The summed E-state index contributed by atoms with van der Waals surface area (Å²) in [5.74, 6) is -3.78. The third kappa shape index (κ3) is 23.8. The van der Waals surface area contributed by atoms with E-state index in [0.717, 1.165) is 4.90 Å². The van der Waals surface area contributed by atoms with Gasteiger partial charge in [-0.1, -0.05) is 0 Å². The van der Waals surface area contributed by atoms with E-state index in [1.54, 1.807) is 0 Å². The molecule has 0 aliphatic carbocycles. The Morgan fingerprint density at radius 1 is 0.706 bits per heavy atom. The van der Waals surface area contributed by atoms with Crippen LogP contribution in [0.25, 0.3) is 0 Å². The molecule has 0 aliphatic rings. The second-order valence-electron chi connectivity index (χ2n) is 2.33. The fourth-order valence-electron chi connectivity index (χ4n) is 0.742. The average molecular weight is 287 g/mol. The molecule has 0 bridgehead atoms. The van der Waals surface area contributed by atoms with Crippen molar-refractivity contribution in [3.8, 4) is 0 Å². The standard InChI is InChI=1S/C6H9NO6.4Na.4H/c8-4(9)1-7(2-5(10)11)3-6(12)13;;;;;;;;/h1-3H2,(H,8,9)(H,10,11)(H,12,13);;;;;;;;/q;4*+1;4*-1. The van der Waals surface area contributed by atoms with Crippen molar-refractivity contribution >= 4 is 17.9 Å². The number of aliphatic carboxylic acids is 3. The molecule has 0 fully saturated rings. The van der Waals surface area contributed by atoms with Crippen LogP contribution in [0.2, 0.25) is 0 Å². The van der Waals surface area contributed by atoms with Gasteiger partial charge in [-0.05, 0) is 0 Å². The second kappa shape index (κ2) is 18.4. The summed E-state index contributed by atoms with van der Waals surface area (Å²) in [5, 5.41) is 24.8. The summed E-state index contributed by atoms with van der Waals surface area (Å²) in [6.45, 7) is -1.80. The van der Waals surface area contributed by atoms with Gasteiger partial charge in [0.15, 0.2) is 0 Å². The molecule has 0 radical (unpaired) electrons. The van der Waals surface area contributed by atoms with E-state index in [1.165, 1.54) is 0 Å². The maximum absolute atomic E-state index is 10.1. The van der Waals surface area contributed by atoms with Gasteiger partial charge in [0.05, 0.1) is 19.6 Å². The number of carbonyl (C=O) groups is 3. The van der Waals surface area contributed by atoms with Crippen LogP contribution in [0.4, 0.5) is 0 Å². The summed E-state index contributed by atoms with van der Waals surface area (Å²) in [6.07, 6.45) is 0. The first-order valence-electron chi connectivity index (χ1n) is 3.29. The second-order valence-corrected chi connectivity index (χ2v) is 2.33. The van der Waals surface area contributed by atoms with Gasteiger partial charge in [-0.2, -0.15) is 0 Å². The topological polar surface area (TPSA) is 115 Å². The van der Waals surface area contributed by atoms with E-state index in [-0.39, 0.29) is 124 Å². The molecule has 0 saturated carbocycles. The number of carboxylic acids is 3. The minimum Gasteiger partial charge on any atom is -1.00 e. The molecule has 3 N–H and O–H groups in total. The van der Waals surface area contributed by atoms with Crippen molar-refractivity contribution in [1.29, 1.82) is 0 Å². The van der Waals surface area contributed by atoms with Crippen molar-refractivity contribution in [3.63, 3.8) is 0 Å². The van der Waals surface area contributed by atoms with Crippen LogP contribution in [-0.4, -0.2) is 57.8 Å². The normalized spacial score (nSPS) is 7.59. The van der Waals surface area contributed by atoms with Gasteiger partial charge in [-0.15, -0.1) is 0 Å². The molecule has 82 valence electrons. The Morgan fingerprint density at radius 2 is 0.882 bits per heavy atom. The van der Waals surface area contributed by atoms with Crippen LogP contribution in [0, 0.1) is 0 Å². The van der Waals surface area contributed by atoms with Crippen LogP contribution in [0.3, 0.4) is 0 Å². The average Bonchev–Trinajstić information content (AvgIpc) is 1.80. The Hall–Kier alpha value is 2.37. The largest absolute Gasteiger partial charge is 1.00 e. The van der Waals surface area contributed by atoms with Gasteiger partial charge >= 0.3 is 136 Å². The van der Waals surface area contributed by atoms with Gasteiger partial charge in [0, 0.05) is 0 Å². The first-order chi connectivity index (χ1) is 5.91. The van der Waals surface area contributed by atoms with Crippen molar-refractivity contribution in [3.05, 3.63) is 0 Å². The molecule has 0 aromatic rings. The van der Waals surface area contributed by atoms with E-state index in [9.17, 15) is 14.4 Å². The molecule has 0 aromatic carbocycles.